The third-order valence-corrected chi connectivity index (χ3v) is 7.82. The molecule has 0 bridgehead atoms. The highest BCUT2D eigenvalue weighted by atomic mass is 33.1. The van der Waals surface area contributed by atoms with Crippen LogP contribution in [0.2, 0.25) is 0 Å². The van der Waals surface area contributed by atoms with E-state index < -0.39 is 0 Å². The number of allylic oxidation sites excluding steroid dienone is 2. The van der Waals surface area contributed by atoms with Gasteiger partial charge in [-0.05, 0) is 28.0 Å². The molecule has 5 rings (SSSR count). The van der Waals surface area contributed by atoms with Crippen molar-refractivity contribution in [3.63, 3.8) is 0 Å². The van der Waals surface area contributed by atoms with Gasteiger partial charge in [0.05, 0.1) is 14.7 Å². The molecule has 3 heteroatoms. The van der Waals surface area contributed by atoms with Crippen LogP contribution in [0.5, 0.6) is 0 Å². The van der Waals surface area contributed by atoms with E-state index in [0.717, 1.165) is 11.3 Å². The summed E-state index contributed by atoms with van der Waals surface area (Å²) in [7, 11) is 1.53. The van der Waals surface area contributed by atoms with E-state index in [-0.39, 0.29) is 9.80 Å². The molecule has 2 aliphatic heterocycles. The first-order chi connectivity index (χ1) is 12.9. The second-order valence-corrected chi connectivity index (χ2v) is 9.17. The summed E-state index contributed by atoms with van der Waals surface area (Å²) in [6.45, 7) is 0. The molecule has 2 aliphatic rings. The van der Waals surface area contributed by atoms with Crippen molar-refractivity contribution in [1.82, 2.24) is 0 Å². The molecule has 1 nitrogen and oxygen atoms in total. The van der Waals surface area contributed by atoms with E-state index in [0.29, 0.717) is 0 Å². The molecule has 0 aromatic heterocycles. The first-order valence-electron chi connectivity index (χ1n) is 8.51. The van der Waals surface area contributed by atoms with Crippen molar-refractivity contribution in [1.29, 1.82) is 0 Å². The Labute approximate surface area is 159 Å². The average Bonchev–Trinajstić information content (AvgIpc) is 3.28. The zero-order valence-electron chi connectivity index (χ0n) is 14.0. The van der Waals surface area contributed by atoms with Gasteiger partial charge in [-0.3, -0.25) is 0 Å². The van der Waals surface area contributed by atoms with Gasteiger partial charge in [0.2, 0.25) is 0 Å². The van der Waals surface area contributed by atoms with Gasteiger partial charge in [-0.1, -0.05) is 91.0 Å². The van der Waals surface area contributed by atoms with E-state index >= 15 is 0 Å². The summed E-state index contributed by atoms with van der Waals surface area (Å²) >= 11 is 0. The Morgan fingerprint density at radius 2 is 1.15 bits per heavy atom. The molecule has 0 N–H and O–H groups in total. The van der Waals surface area contributed by atoms with E-state index in [9.17, 15) is 0 Å². The summed E-state index contributed by atoms with van der Waals surface area (Å²) in [6.07, 6.45) is 2.31. The molecule has 3 aromatic rings. The Morgan fingerprint density at radius 1 is 0.615 bits per heavy atom. The normalized spacial score (nSPS) is 18.5. The van der Waals surface area contributed by atoms with Gasteiger partial charge in [-0.25, -0.2) is 0 Å². The minimum Gasteiger partial charge on any atom is -0.421 e. The third kappa shape index (κ3) is 2.74. The predicted octanol–water partition coefficient (Wildman–Crippen LogP) is 6.64. The Bertz CT molecular complexity index is 1050. The SMILES string of the molecule is C1=C(c2ccccc2)SS2=C1C(c1ccccc1)=C(c1ccccc1)O2. The van der Waals surface area contributed by atoms with Crippen LogP contribution in [0.1, 0.15) is 16.7 Å². The highest BCUT2D eigenvalue weighted by Gasteiger charge is 2.32. The monoisotopic (exact) mass is 372 g/mol. The molecule has 0 spiro atoms. The zero-order chi connectivity index (χ0) is 17.3. The van der Waals surface area contributed by atoms with Crippen LogP contribution in [0.25, 0.3) is 16.2 Å². The van der Waals surface area contributed by atoms with Crippen molar-refractivity contribution < 1.29 is 4.18 Å². The molecule has 2 heterocycles. The molecule has 0 aliphatic carbocycles. The van der Waals surface area contributed by atoms with E-state index in [4.69, 9.17) is 4.18 Å². The molecule has 1 atom stereocenters. The molecular formula is C23H16OS2. The maximum atomic E-state index is 6.47. The Kier molecular flexibility index (Phi) is 4.04. The molecule has 26 heavy (non-hydrogen) atoms. The van der Waals surface area contributed by atoms with Crippen LogP contribution in [-0.4, -0.2) is 4.86 Å². The van der Waals surface area contributed by atoms with Crippen molar-refractivity contribution in [3.8, 4) is 0 Å². The van der Waals surface area contributed by atoms with Gasteiger partial charge in [0.15, 0.2) is 5.76 Å². The number of rotatable bonds is 3. The third-order valence-electron chi connectivity index (χ3n) is 4.40. The lowest BCUT2D eigenvalue weighted by atomic mass is 9.97. The van der Waals surface area contributed by atoms with E-state index in [1.54, 1.807) is 0 Å². The molecular weight excluding hydrogens is 356 g/mol. The average molecular weight is 373 g/mol. The van der Waals surface area contributed by atoms with Crippen LogP contribution < -0.4 is 0 Å². The molecule has 1 unspecified atom stereocenters. The number of benzene rings is 3. The fraction of sp³-hybridized carbons (Fsp3) is 0. The largest absolute Gasteiger partial charge is 0.421 e. The van der Waals surface area contributed by atoms with Crippen LogP contribution in [-0.2, 0) is 4.18 Å². The van der Waals surface area contributed by atoms with Gasteiger partial charge in [0.1, 0.15) is 0 Å². The van der Waals surface area contributed by atoms with Gasteiger partial charge in [0.25, 0.3) is 0 Å². The summed E-state index contributed by atoms with van der Waals surface area (Å²) in [5.74, 6) is 0.992. The number of hydrogen-bond donors (Lipinski definition) is 0. The van der Waals surface area contributed by atoms with Crippen molar-refractivity contribution in [2.75, 3.05) is 0 Å². The Hall–Kier alpha value is -2.49. The molecule has 0 radical (unpaired) electrons. The van der Waals surface area contributed by atoms with Crippen molar-refractivity contribution in [2.45, 2.75) is 0 Å². The summed E-state index contributed by atoms with van der Waals surface area (Å²) in [6, 6.07) is 31.5. The highest BCUT2D eigenvalue weighted by molar-refractivity contribution is 8.86. The van der Waals surface area contributed by atoms with Crippen molar-refractivity contribution >= 4 is 41.7 Å². The van der Waals surface area contributed by atoms with Crippen LogP contribution in [0.15, 0.2) is 97.1 Å². The topological polar surface area (TPSA) is 9.23 Å². The van der Waals surface area contributed by atoms with Crippen LogP contribution in [0.4, 0.5) is 0 Å². The molecule has 0 fully saturated rings. The molecule has 126 valence electrons. The van der Waals surface area contributed by atoms with E-state index in [1.807, 2.05) is 16.9 Å². The Morgan fingerprint density at radius 3 is 1.77 bits per heavy atom. The minimum absolute atomic E-state index is 0.293. The fourth-order valence-corrected chi connectivity index (χ4v) is 6.82. The first-order valence-corrected chi connectivity index (χ1v) is 11.0. The predicted molar refractivity (Wildman–Crippen MR) is 115 cm³/mol. The fourth-order valence-electron chi connectivity index (χ4n) is 3.16. The van der Waals surface area contributed by atoms with Crippen molar-refractivity contribution in [3.05, 3.63) is 114 Å². The lowest BCUT2D eigenvalue weighted by molar-refractivity contribution is 0.617. The summed E-state index contributed by atoms with van der Waals surface area (Å²) in [5, 5.41) is 0. The lowest BCUT2D eigenvalue weighted by Crippen LogP contribution is -1.97. The summed E-state index contributed by atoms with van der Waals surface area (Å²) < 4.78 is 6.47. The maximum Gasteiger partial charge on any atom is 0.154 e. The van der Waals surface area contributed by atoms with Gasteiger partial charge < -0.3 is 4.18 Å². The van der Waals surface area contributed by atoms with Crippen LogP contribution in [0.3, 0.4) is 0 Å². The standard InChI is InChI=1S/C23H16OS2/c1-4-10-17(11-5-1)20-16-21-22(18-12-6-2-7-13-18)23(24-26(21)25-20)19-14-8-3-9-15-19/h1-16H. The Balaban J connectivity index is 1.64. The molecule has 0 saturated carbocycles. The van der Waals surface area contributed by atoms with E-state index in [2.05, 4.69) is 91.0 Å². The lowest BCUT2D eigenvalue weighted by Gasteiger charge is -2.11. The summed E-state index contributed by atoms with van der Waals surface area (Å²) in [5.41, 5.74) is 4.82. The van der Waals surface area contributed by atoms with Gasteiger partial charge >= 0.3 is 0 Å². The zero-order valence-corrected chi connectivity index (χ0v) is 15.6. The van der Waals surface area contributed by atoms with Gasteiger partial charge in [-0.15, -0.1) is 0 Å². The number of hydrogen-bond acceptors (Lipinski definition) is 2. The van der Waals surface area contributed by atoms with E-state index in [1.165, 1.54) is 26.5 Å². The van der Waals surface area contributed by atoms with Crippen LogP contribution >= 0.6 is 20.6 Å². The first kappa shape index (κ1) is 15.7. The molecule has 0 saturated heterocycles. The molecule has 0 amide bonds. The smallest absolute Gasteiger partial charge is 0.154 e. The molecule has 3 aromatic carbocycles. The quantitative estimate of drug-likeness (QED) is 0.376. The van der Waals surface area contributed by atoms with Crippen LogP contribution in [0, 0.1) is 0 Å². The maximum absolute atomic E-state index is 6.47. The van der Waals surface area contributed by atoms with Crippen molar-refractivity contribution in [2.24, 2.45) is 0 Å². The van der Waals surface area contributed by atoms with Gasteiger partial charge in [0, 0.05) is 16.0 Å². The second-order valence-electron chi connectivity index (χ2n) is 6.08. The van der Waals surface area contributed by atoms with Gasteiger partial charge in [-0.2, -0.15) is 0 Å². The second kappa shape index (κ2) is 6.67. The summed E-state index contributed by atoms with van der Waals surface area (Å²) in [4.78, 5) is 2.57. The minimum atomic E-state index is -0.293. The highest BCUT2D eigenvalue weighted by Crippen LogP contribution is 2.58.